The molecule has 1 aliphatic rings. The molecule has 3 rings (SSSR count). The number of ketones is 1. The van der Waals surface area contributed by atoms with Crippen LogP contribution in [0.25, 0.3) is 0 Å². The quantitative estimate of drug-likeness (QED) is 0.821. The number of nitrogens with zero attached hydrogens (tertiary/aromatic N) is 1. The topological polar surface area (TPSA) is 49.4 Å². The predicted molar refractivity (Wildman–Crippen MR) is 103 cm³/mol. The number of rotatable bonds is 5. The van der Waals surface area contributed by atoms with Crippen LogP contribution in [0.3, 0.4) is 0 Å². The number of amides is 1. The molecule has 5 heteroatoms. The lowest BCUT2D eigenvalue weighted by Gasteiger charge is -2.36. The summed E-state index contributed by atoms with van der Waals surface area (Å²) in [5.41, 5.74) is 3.63. The van der Waals surface area contributed by atoms with E-state index in [9.17, 15) is 14.0 Å². The molecular formula is C22H25FN2O2. The van der Waals surface area contributed by atoms with Gasteiger partial charge in [-0.2, -0.15) is 0 Å². The van der Waals surface area contributed by atoms with E-state index < -0.39 is 0 Å². The van der Waals surface area contributed by atoms with Gasteiger partial charge in [-0.1, -0.05) is 24.3 Å². The number of hydrogen-bond donors (Lipinski definition) is 1. The lowest BCUT2D eigenvalue weighted by atomic mass is 9.99. The molecule has 1 saturated heterocycles. The Morgan fingerprint density at radius 3 is 2.67 bits per heavy atom. The maximum atomic E-state index is 13.6. The molecule has 142 valence electrons. The van der Waals surface area contributed by atoms with Crippen molar-refractivity contribution in [2.75, 3.05) is 19.6 Å². The highest BCUT2D eigenvalue weighted by Crippen LogP contribution is 2.24. The third-order valence-corrected chi connectivity index (χ3v) is 5.19. The first-order valence-corrected chi connectivity index (χ1v) is 9.32. The monoisotopic (exact) mass is 368 g/mol. The summed E-state index contributed by atoms with van der Waals surface area (Å²) >= 11 is 0. The molecular weight excluding hydrogens is 343 g/mol. The predicted octanol–water partition coefficient (Wildman–Crippen LogP) is 3.58. The summed E-state index contributed by atoms with van der Waals surface area (Å²) in [7, 11) is 0. The molecule has 1 heterocycles. The third kappa shape index (κ3) is 4.61. The molecule has 1 atom stereocenters. The number of benzene rings is 2. The Hall–Kier alpha value is -2.53. The molecule has 1 amide bonds. The fourth-order valence-electron chi connectivity index (χ4n) is 3.44. The zero-order valence-corrected chi connectivity index (χ0v) is 15.8. The minimum Gasteiger partial charge on any atom is -0.333 e. The number of carbonyl (C=O) groups is 2. The fourth-order valence-corrected chi connectivity index (χ4v) is 3.44. The van der Waals surface area contributed by atoms with Crippen molar-refractivity contribution < 1.29 is 14.0 Å². The average Bonchev–Trinajstić information content (AvgIpc) is 2.68. The second kappa shape index (κ2) is 8.44. The van der Waals surface area contributed by atoms with Crippen LogP contribution in [0.5, 0.6) is 0 Å². The number of halogens is 1. The summed E-state index contributed by atoms with van der Waals surface area (Å²) in [6.07, 6.45) is 0.346. The minimum atomic E-state index is -0.310. The van der Waals surface area contributed by atoms with E-state index in [1.807, 2.05) is 38.1 Å². The van der Waals surface area contributed by atoms with Crippen molar-refractivity contribution in [3.8, 4) is 0 Å². The summed E-state index contributed by atoms with van der Waals surface area (Å²) in [4.78, 5) is 27.0. The van der Waals surface area contributed by atoms with Crippen LogP contribution in [-0.4, -0.2) is 36.2 Å². The first-order chi connectivity index (χ1) is 13.0. The average molecular weight is 368 g/mol. The van der Waals surface area contributed by atoms with Gasteiger partial charge in [-0.15, -0.1) is 0 Å². The lowest BCUT2D eigenvalue weighted by Crippen LogP contribution is -2.48. The molecule has 0 bridgehead atoms. The Kier molecular flexibility index (Phi) is 6.01. The van der Waals surface area contributed by atoms with E-state index in [1.54, 1.807) is 11.0 Å². The molecule has 2 aromatic rings. The molecule has 1 unspecified atom stereocenters. The summed E-state index contributed by atoms with van der Waals surface area (Å²) in [6, 6.07) is 11.8. The third-order valence-electron chi connectivity index (χ3n) is 5.19. The van der Waals surface area contributed by atoms with Crippen molar-refractivity contribution in [2.45, 2.75) is 32.7 Å². The maximum absolute atomic E-state index is 13.6. The van der Waals surface area contributed by atoms with Gasteiger partial charge in [0.15, 0.2) is 5.78 Å². The van der Waals surface area contributed by atoms with Crippen LogP contribution < -0.4 is 5.32 Å². The van der Waals surface area contributed by atoms with Crippen molar-refractivity contribution >= 4 is 11.7 Å². The van der Waals surface area contributed by atoms with E-state index in [-0.39, 0.29) is 36.4 Å². The van der Waals surface area contributed by atoms with E-state index in [1.165, 1.54) is 12.1 Å². The Morgan fingerprint density at radius 2 is 1.93 bits per heavy atom. The van der Waals surface area contributed by atoms with Crippen molar-refractivity contribution in [3.05, 3.63) is 70.5 Å². The number of hydrogen-bond acceptors (Lipinski definition) is 3. The zero-order valence-electron chi connectivity index (χ0n) is 15.8. The molecule has 1 N–H and O–H groups in total. The minimum absolute atomic E-state index is 0.0242. The summed E-state index contributed by atoms with van der Waals surface area (Å²) in [5.74, 6) is -0.401. The van der Waals surface area contributed by atoms with Gasteiger partial charge in [-0.3, -0.25) is 9.59 Å². The van der Waals surface area contributed by atoms with Gasteiger partial charge in [-0.05, 0) is 48.7 Å². The van der Waals surface area contributed by atoms with Crippen molar-refractivity contribution in [3.63, 3.8) is 0 Å². The largest absolute Gasteiger partial charge is 0.333 e. The van der Waals surface area contributed by atoms with Gasteiger partial charge < -0.3 is 10.2 Å². The lowest BCUT2D eigenvalue weighted by molar-refractivity contribution is -0.134. The van der Waals surface area contributed by atoms with Crippen LogP contribution >= 0.6 is 0 Å². The van der Waals surface area contributed by atoms with Gasteiger partial charge in [0.25, 0.3) is 0 Å². The van der Waals surface area contributed by atoms with Crippen molar-refractivity contribution in [1.29, 1.82) is 0 Å². The molecule has 1 fully saturated rings. The first kappa shape index (κ1) is 19.2. The van der Waals surface area contributed by atoms with Gasteiger partial charge in [-0.25, -0.2) is 4.39 Å². The molecule has 1 aliphatic heterocycles. The van der Waals surface area contributed by atoms with Crippen LogP contribution in [-0.2, 0) is 4.79 Å². The Balaban J connectivity index is 1.66. The number of piperazine rings is 1. The summed E-state index contributed by atoms with van der Waals surface area (Å²) in [5, 5.41) is 3.26. The normalized spacial score (nSPS) is 17.0. The van der Waals surface area contributed by atoms with Gasteiger partial charge in [0.1, 0.15) is 5.82 Å². The summed E-state index contributed by atoms with van der Waals surface area (Å²) in [6.45, 7) is 5.81. The van der Waals surface area contributed by atoms with E-state index in [0.717, 1.165) is 16.7 Å². The SMILES string of the molecule is Cc1ccc(C(=O)CCC(=O)N2CCNCC2c2cccc(F)c2)cc1C. The number of aryl methyl sites for hydroxylation is 2. The smallest absolute Gasteiger partial charge is 0.223 e. The zero-order chi connectivity index (χ0) is 19.4. The highest BCUT2D eigenvalue weighted by molar-refractivity contribution is 5.98. The van der Waals surface area contributed by atoms with E-state index in [0.29, 0.717) is 25.2 Å². The van der Waals surface area contributed by atoms with Gasteiger partial charge in [0.2, 0.25) is 5.91 Å². The van der Waals surface area contributed by atoms with E-state index >= 15 is 0 Å². The van der Waals surface area contributed by atoms with Crippen LogP contribution in [0.4, 0.5) is 4.39 Å². The van der Waals surface area contributed by atoms with Gasteiger partial charge in [0.05, 0.1) is 6.04 Å². The van der Waals surface area contributed by atoms with Crippen molar-refractivity contribution in [2.24, 2.45) is 0 Å². The van der Waals surface area contributed by atoms with Crippen LogP contribution in [0.1, 0.15) is 45.9 Å². The van der Waals surface area contributed by atoms with Gasteiger partial charge in [0, 0.05) is 38.0 Å². The molecule has 27 heavy (non-hydrogen) atoms. The van der Waals surface area contributed by atoms with Crippen LogP contribution in [0.15, 0.2) is 42.5 Å². The van der Waals surface area contributed by atoms with E-state index in [4.69, 9.17) is 0 Å². The second-order valence-corrected chi connectivity index (χ2v) is 7.08. The molecule has 0 aromatic heterocycles. The first-order valence-electron chi connectivity index (χ1n) is 9.32. The second-order valence-electron chi connectivity index (χ2n) is 7.08. The summed E-state index contributed by atoms with van der Waals surface area (Å²) < 4.78 is 13.6. The number of nitrogens with one attached hydrogen (secondary N) is 1. The fraction of sp³-hybridized carbons (Fsp3) is 0.364. The van der Waals surface area contributed by atoms with Gasteiger partial charge >= 0.3 is 0 Å². The molecule has 0 aliphatic carbocycles. The number of Topliss-reactive ketones (excluding diaryl/α,β-unsaturated/α-hetero) is 1. The maximum Gasteiger partial charge on any atom is 0.223 e. The highest BCUT2D eigenvalue weighted by atomic mass is 19.1. The number of carbonyl (C=O) groups excluding carboxylic acids is 2. The molecule has 0 spiro atoms. The Bertz CT molecular complexity index is 850. The molecule has 0 saturated carbocycles. The molecule has 0 radical (unpaired) electrons. The Labute approximate surface area is 159 Å². The Morgan fingerprint density at radius 1 is 1.11 bits per heavy atom. The van der Waals surface area contributed by atoms with Crippen LogP contribution in [0, 0.1) is 19.7 Å². The van der Waals surface area contributed by atoms with Crippen LogP contribution in [0.2, 0.25) is 0 Å². The molecule has 2 aromatic carbocycles. The highest BCUT2D eigenvalue weighted by Gasteiger charge is 2.28. The van der Waals surface area contributed by atoms with Crippen molar-refractivity contribution in [1.82, 2.24) is 10.2 Å². The van der Waals surface area contributed by atoms with E-state index in [2.05, 4.69) is 5.32 Å². The molecule has 4 nitrogen and oxygen atoms in total. The standard InChI is InChI=1S/C22H25FN2O2/c1-15-6-7-18(12-16(15)2)21(26)8-9-22(27)25-11-10-24-14-20(25)17-4-3-5-19(23)13-17/h3-7,12-13,20,24H,8-11,14H2,1-2H3.